The van der Waals surface area contributed by atoms with Gasteiger partial charge in [-0.15, -0.1) is 0 Å². The Kier molecular flexibility index (Phi) is 4.09. The molecule has 0 fully saturated rings. The van der Waals surface area contributed by atoms with E-state index in [1.54, 1.807) is 0 Å². The molecule has 0 bridgehead atoms. The van der Waals surface area contributed by atoms with E-state index in [9.17, 15) is 3.44 Å². The Morgan fingerprint density at radius 2 is 2.29 bits per heavy atom. The van der Waals surface area contributed by atoms with Gasteiger partial charge in [-0.3, -0.25) is 0 Å². The van der Waals surface area contributed by atoms with Crippen LogP contribution in [-0.2, 0) is 0 Å². The molecule has 0 aromatic heterocycles. The molecule has 0 saturated carbocycles. The average molecular weight is 330 g/mol. The van der Waals surface area contributed by atoms with Crippen molar-refractivity contribution in [2.24, 2.45) is 0 Å². The molecule has 0 spiro atoms. The molecule has 7 heavy (non-hydrogen) atoms. The van der Waals surface area contributed by atoms with Crippen molar-refractivity contribution in [2.75, 3.05) is 14.4 Å². The first-order valence-electron chi connectivity index (χ1n) is 1.77. The molecule has 0 aliphatic rings. The van der Waals surface area contributed by atoms with E-state index in [0.717, 1.165) is 2.43 Å². The van der Waals surface area contributed by atoms with Crippen LogP contribution in [0.15, 0.2) is 0 Å². The molecule has 0 radical (unpaired) electrons. The Balaban J connectivity index is 3.36. The van der Waals surface area contributed by atoms with E-state index in [0.29, 0.717) is 0 Å². The van der Waals surface area contributed by atoms with Gasteiger partial charge in [0, 0.05) is 0 Å². The Morgan fingerprint density at radius 1 is 1.86 bits per heavy atom. The monoisotopic (exact) mass is 330 g/mol. The summed E-state index contributed by atoms with van der Waals surface area (Å²) in [6.07, 6.45) is 0. The Labute approximate surface area is 62.6 Å². The van der Waals surface area contributed by atoms with Crippen LogP contribution in [0.2, 0.25) is 0 Å². The quantitative estimate of drug-likeness (QED) is 0.326. The minimum absolute atomic E-state index is 0.890. The number of halogens is 2. The number of hydrogen-bond donors (Lipinski definition) is 2. The summed E-state index contributed by atoms with van der Waals surface area (Å²) in [7, 11) is 1.81. The van der Waals surface area contributed by atoms with Gasteiger partial charge in [0.25, 0.3) is 0 Å². The third-order valence-electron chi connectivity index (χ3n) is 0.604. The van der Waals surface area contributed by atoms with Crippen LogP contribution in [0, 0.1) is 0 Å². The summed E-state index contributed by atoms with van der Waals surface area (Å²) in [5.41, 5.74) is 0. The molecule has 0 aromatic rings. The standard InChI is InChI=1S/C3H10I2NO/c1-5(7,3-4)6-2/h6-7H,3H2,1-2H3/q-1. The fourth-order valence-electron chi connectivity index (χ4n) is 0.0505. The first-order chi connectivity index (χ1) is 3.12. The van der Waals surface area contributed by atoms with Gasteiger partial charge in [0.05, 0.1) is 0 Å². The van der Waals surface area contributed by atoms with E-state index < -0.39 is 19.1 Å². The second-order valence-electron chi connectivity index (χ2n) is 1.25. The summed E-state index contributed by atoms with van der Waals surface area (Å²) >= 11 is -0.0823. The molecule has 0 aliphatic heterocycles. The topological polar surface area (TPSA) is 32.3 Å². The third-order valence-corrected chi connectivity index (χ3v) is 11.6. The van der Waals surface area contributed by atoms with Crippen molar-refractivity contribution in [3.05, 3.63) is 0 Å². The maximum absolute atomic E-state index is 9.19. The average Bonchev–Trinajstić information content (AvgIpc) is 1.68. The molecule has 1 atom stereocenters. The Morgan fingerprint density at radius 3 is 2.29 bits per heavy atom. The molecule has 0 heterocycles. The van der Waals surface area contributed by atoms with Crippen molar-refractivity contribution in [2.45, 2.75) is 0 Å². The van der Waals surface area contributed by atoms with Gasteiger partial charge in [-0.25, -0.2) is 0 Å². The zero-order valence-electron chi connectivity index (χ0n) is 4.41. The van der Waals surface area contributed by atoms with Crippen LogP contribution in [0.5, 0.6) is 0 Å². The molecule has 0 aliphatic carbocycles. The summed E-state index contributed by atoms with van der Waals surface area (Å²) in [6, 6.07) is 0. The molecule has 0 amide bonds. The van der Waals surface area contributed by atoms with Crippen LogP contribution >= 0.6 is 22.6 Å². The predicted octanol–water partition coefficient (Wildman–Crippen LogP) is -2.79. The molecule has 1 unspecified atom stereocenters. The van der Waals surface area contributed by atoms with Gasteiger partial charge in [-0.2, -0.15) is 0 Å². The third kappa shape index (κ3) is 3.92. The van der Waals surface area contributed by atoms with Gasteiger partial charge >= 0.3 is 63.1 Å². The molecular formula is C3H10I2NO-. The second-order valence-corrected chi connectivity index (χ2v) is 12.3. The van der Waals surface area contributed by atoms with E-state index >= 15 is 0 Å². The molecule has 0 rings (SSSR count). The van der Waals surface area contributed by atoms with Crippen LogP contribution in [0.25, 0.3) is 0 Å². The van der Waals surface area contributed by atoms with E-state index in [4.69, 9.17) is 0 Å². The van der Waals surface area contributed by atoms with Gasteiger partial charge < -0.3 is 0 Å². The van der Waals surface area contributed by atoms with Crippen LogP contribution < -0.4 is 22.7 Å². The van der Waals surface area contributed by atoms with Crippen molar-refractivity contribution in [3.63, 3.8) is 0 Å². The van der Waals surface area contributed by atoms with Gasteiger partial charge in [-0.1, -0.05) is 0 Å². The molecule has 2 nitrogen and oxygen atoms in total. The van der Waals surface area contributed by atoms with Crippen LogP contribution in [0.1, 0.15) is 0 Å². The zero-order chi connectivity index (χ0) is 5.91. The second kappa shape index (κ2) is 3.41. The number of nitrogens with one attached hydrogen (secondary N) is 1. The van der Waals surface area contributed by atoms with Gasteiger partial charge in [0.1, 0.15) is 0 Å². The maximum atomic E-state index is 9.19. The SMILES string of the molecule is CN[I-](C)(O)CI. The van der Waals surface area contributed by atoms with Gasteiger partial charge in [-0.05, 0) is 0 Å². The Hall–Kier alpha value is 1.38. The van der Waals surface area contributed by atoms with Crippen LogP contribution in [0.3, 0.4) is 0 Å². The molecular weight excluding hydrogens is 320 g/mol. The molecule has 2 N–H and O–H groups in total. The first-order valence-corrected chi connectivity index (χ1v) is 9.02. The van der Waals surface area contributed by atoms with Crippen LogP contribution in [-0.4, -0.2) is 17.8 Å². The number of hydrogen-bond acceptors (Lipinski definition) is 2. The van der Waals surface area contributed by atoms with E-state index in [1.165, 1.54) is 0 Å². The molecule has 0 saturated heterocycles. The molecule has 48 valence electrons. The van der Waals surface area contributed by atoms with E-state index in [-0.39, 0.29) is 0 Å². The van der Waals surface area contributed by atoms with Crippen molar-refractivity contribution in [1.29, 1.82) is 0 Å². The first kappa shape index (κ1) is 8.38. The molecule has 4 heteroatoms. The fourth-order valence-corrected chi connectivity index (χ4v) is 2.27. The van der Waals surface area contributed by atoms with Crippen molar-refractivity contribution < 1.29 is 22.6 Å². The minimum atomic E-state index is -2.28. The predicted molar refractivity (Wildman–Crippen MR) is 36.1 cm³/mol. The fraction of sp³-hybridized carbons (Fsp3) is 1.00. The van der Waals surface area contributed by atoms with Crippen LogP contribution in [0.4, 0.5) is 0 Å². The van der Waals surface area contributed by atoms with Gasteiger partial charge in [0.15, 0.2) is 0 Å². The summed E-state index contributed by atoms with van der Waals surface area (Å²) in [5.74, 6) is 0. The normalized spacial score (nSPS) is 23.4. The molecule has 0 aromatic carbocycles. The Bertz CT molecular complexity index is 50.9. The van der Waals surface area contributed by atoms with E-state index in [1.807, 2.05) is 12.0 Å². The number of rotatable bonds is 2. The number of alkyl halides is 3. The summed E-state index contributed by atoms with van der Waals surface area (Å²) in [4.78, 5) is 1.92. The summed E-state index contributed by atoms with van der Waals surface area (Å²) in [5, 5.41) is 0. The van der Waals surface area contributed by atoms with Gasteiger partial charge in [0.2, 0.25) is 0 Å². The summed E-state index contributed by atoms with van der Waals surface area (Å²) in [6.45, 7) is 0. The van der Waals surface area contributed by atoms with E-state index in [2.05, 4.69) is 26.1 Å². The summed E-state index contributed by atoms with van der Waals surface area (Å²) < 4.78 is 13.0. The van der Waals surface area contributed by atoms with Crippen molar-refractivity contribution in [1.82, 2.24) is 3.53 Å². The zero-order valence-corrected chi connectivity index (χ0v) is 8.73. The van der Waals surface area contributed by atoms with Crippen molar-refractivity contribution >= 4 is 22.6 Å². The van der Waals surface area contributed by atoms with Crippen molar-refractivity contribution in [3.8, 4) is 0 Å².